The molecule has 0 bridgehead atoms. The van der Waals surface area contributed by atoms with Crippen LogP contribution in [0.5, 0.6) is 0 Å². The van der Waals surface area contributed by atoms with Crippen LogP contribution in [0.2, 0.25) is 5.02 Å². The molecule has 3 aromatic rings. The van der Waals surface area contributed by atoms with E-state index in [2.05, 4.69) is 21.1 Å². The zero-order valence-electron chi connectivity index (χ0n) is 15.1. The van der Waals surface area contributed by atoms with Crippen LogP contribution in [0.25, 0.3) is 10.9 Å². The number of ether oxygens (including phenoxy) is 1. The van der Waals surface area contributed by atoms with Crippen LogP contribution in [0.3, 0.4) is 0 Å². The van der Waals surface area contributed by atoms with Crippen LogP contribution in [0.4, 0.5) is 4.79 Å². The van der Waals surface area contributed by atoms with Crippen molar-refractivity contribution in [1.29, 1.82) is 0 Å². The van der Waals surface area contributed by atoms with Crippen LogP contribution >= 0.6 is 27.5 Å². The Labute approximate surface area is 165 Å². The van der Waals surface area contributed by atoms with E-state index in [-0.39, 0.29) is 0 Å². The second-order valence-corrected chi connectivity index (χ2v) is 8.46. The lowest BCUT2D eigenvalue weighted by molar-refractivity contribution is 0.0540. The van der Waals surface area contributed by atoms with Crippen molar-refractivity contribution in [1.82, 2.24) is 9.72 Å². The quantitative estimate of drug-likeness (QED) is 0.508. The number of carbonyl (C=O) groups is 1. The summed E-state index contributed by atoms with van der Waals surface area (Å²) in [4.78, 5) is 12.9. The molecule has 0 aliphatic rings. The van der Waals surface area contributed by atoms with Crippen molar-refractivity contribution in [3.8, 4) is 0 Å². The molecule has 0 radical (unpaired) electrons. The van der Waals surface area contributed by atoms with Gasteiger partial charge in [0.05, 0.1) is 16.2 Å². The van der Waals surface area contributed by atoms with E-state index in [0.717, 1.165) is 21.3 Å². The number of benzene rings is 1. The van der Waals surface area contributed by atoms with Crippen LogP contribution in [0.1, 0.15) is 37.9 Å². The maximum atomic E-state index is 12.9. The zero-order chi connectivity index (χ0) is 19.1. The molecule has 2 heterocycles. The molecule has 0 saturated carbocycles. The third kappa shape index (κ3) is 3.96. The van der Waals surface area contributed by atoms with Gasteiger partial charge in [0.1, 0.15) is 11.4 Å². The molecule has 5 nitrogen and oxygen atoms in total. The highest BCUT2D eigenvalue weighted by Crippen LogP contribution is 2.34. The highest BCUT2D eigenvalue weighted by atomic mass is 79.9. The Bertz CT molecular complexity index is 969. The molecule has 0 N–H and O–H groups in total. The van der Waals surface area contributed by atoms with E-state index in [4.69, 9.17) is 20.9 Å². The Morgan fingerprint density at radius 2 is 2.04 bits per heavy atom. The molecule has 0 amide bonds. The summed E-state index contributed by atoms with van der Waals surface area (Å²) in [6.07, 6.45) is 0.701. The molecule has 0 aliphatic heterocycles. The first-order chi connectivity index (χ1) is 12.2. The van der Waals surface area contributed by atoms with Gasteiger partial charge in [-0.3, -0.25) is 0 Å². The summed E-state index contributed by atoms with van der Waals surface area (Å²) in [5.74, 6) is 0.753. The summed E-state index contributed by atoms with van der Waals surface area (Å²) in [7, 11) is 0. The van der Waals surface area contributed by atoms with Gasteiger partial charge in [-0.2, -0.15) is 0 Å². The van der Waals surface area contributed by atoms with Crippen LogP contribution in [0.15, 0.2) is 33.3 Å². The third-order valence-corrected chi connectivity index (χ3v) is 4.75. The lowest BCUT2D eigenvalue weighted by Gasteiger charge is -2.21. The predicted octanol–water partition coefficient (Wildman–Crippen LogP) is 5.92. The molecule has 26 heavy (non-hydrogen) atoms. The standard InChI is InChI=1S/C19H20BrClN2O3/c1-11-9-13(22-26-11)6-8-15-17(21)14-7-5-12(20)10-16(14)23(15)18(24)25-19(2,3)4/h5,7,9-10H,6,8H2,1-4H3. The molecule has 138 valence electrons. The van der Waals surface area contributed by atoms with E-state index in [1.165, 1.54) is 0 Å². The third-order valence-electron chi connectivity index (χ3n) is 3.83. The topological polar surface area (TPSA) is 57.3 Å². The molecule has 0 spiro atoms. The molecular weight excluding hydrogens is 420 g/mol. The second-order valence-electron chi connectivity index (χ2n) is 7.17. The van der Waals surface area contributed by atoms with Crippen molar-refractivity contribution in [3.63, 3.8) is 0 Å². The molecular formula is C19H20BrClN2O3. The van der Waals surface area contributed by atoms with Crippen LogP contribution in [0, 0.1) is 6.92 Å². The minimum absolute atomic E-state index is 0.446. The van der Waals surface area contributed by atoms with E-state index >= 15 is 0 Å². The Morgan fingerprint density at radius 3 is 2.65 bits per heavy atom. The fraction of sp³-hybridized carbons (Fsp3) is 0.368. The van der Waals surface area contributed by atoms with E-state index < -0.39 is 11.7 Å². The van der Waals surface area contributed by atoms with Gasteiger partial charge in [-0.15, -0.1) is 0 Å². The molecule has 2 aromatic heterocycles. The molecule has 0 unspecified atom stereocenters. The van der Waals surface area contributed by atoms with Crippen molar-refractivity contribution in [2.75, 3.05) is 0 Å². The molecule has 0 atom stereocenters. The van der Waals surface area contributed by atoms with Gasteiger partial charge in [0.25, 0.3) is 0 Å². The number of halogens is 2. The van der Waals surface area contributed by atoms with Gasteiger partial charge < -0.3 is 9.26 Å². The number of rotatable bonds is 3. The molecule has 3 rings (SSSR count). The van der Waals surface area contributed by atoms with Crippen molar-refractivity contribution in [2.24, 2.45) is 0 Å². The van der Waals surface area contributed by atoms with Gasteiger partial charge in [0, 0.05) is 21.6 Å². The van der Waals surface area contributed by atoms with Crippen molar-refractivity contribution in [3.05, 3.63) is 50.9 Å². The minimum Gasteiger partial charge on any atom is -0.443 e. The first-order valence-electron chi connectivity index (χ1n) is 8.29. The van der Waals surface area contributed by atoms with Crippen LogP contribution in [-0.2, 0) is 17.6 Å². The summed E-state index contributed by atoms with van der Waals surface area (Å²) in [5, 5.41) is 5.38. The first kappa shape index (κ1) is 19.0. The monoisotopic (exact) mass is 438 g/mol. The lowest BCUT2D eigenvalue weighted by Crippen LogP contribution is -2.28. The van der Waals surface area contributed by atoms with Crippen LogP contribution in [-0.4, -0.2) is 21.4 Å². The van der Waals surface area contributed by atoms with Crippen molar-refractivity contribution in [2.45, 2.75) is 46.1 Å². The molecule has 0 aliphatic carbocycles. The lowest BCUT2D eigenvalue weighted by atomic mass is 10.1. The summed E-state index contributed by atoms with van der Waals surface area (Å²) in [5.41, 5.74) is 1.63. The van der Waals surface area contributed by atoms with Gasteiger partial charge in [0.2, 0.25) is 0 Å². The second kappa shape index (κ2) is 7.08. The van der Waals surface area contributed by atoms with Gasteiger partial charge >= 0.3 is 6.09 Å². The van der Waals surface area contributed by atoms with E-state index in [1.54, 1.807) is 4.57 Å². The summed E-state index contributed by atoms with van der Waals surface area (Å²) in [6.45, 7) is 7.36. The average molecular weight is 440 g/mol. The van der Waals surface area contributed by atoms with E-state index in [1.807, 2.05) is 52.0 Å². The molecule has 0 saturated heterocycles. The number of nitrogens with zero attached hydrogens (tertiary/aromatic N) is 2. The fourth-order valence-electron chi connectivity index (χ4n) is 2.79. The normalized spacial score (nSPS) is 11.9. The highest BCUT2D eigenvalue weighted by molar-refractivity contribution is 9.10. The van der Waals surface area contributed by atoms with Gasteiger partial charge in [-0.25, -0.2) is 9.36 Å². The number of hydrogen-bond acceptors (Lipinski definition) is 4. The number of carbonyl (C=O) groups excluding carboxylic acids is 1. The maximum Gasteiger partial charge on any atom is 0.419 e. The Kier molecular flexibility index (Phi) is 5.17. The van der Waals surface area contributed by atoms with Crippen LogP contribution < -0.4 is 0 Å². The number of aromatic nitrogens is 2. The SMILES string of the molecule is Cc1cc(CCc2c(Cl)c3ccc(Br)cc3n2C(=O)OC(C)(C)C)no1. The highest BCUT2D eigenvalue weighted by Gasteiger charge is 2.25. The van der Waals surface area contributed by atoms with E-state index in [9.17, 15) is 4.79 Å². The number of aryl methyl sites for hydroxylation is 2. The molecule has 7 heteroatoms. The smallest absolute Gasteiger partial charge is 0.419 e. The van der Waals surface area contributed by atoms with Gasteiger partial charge in [-0.1, -0.05) is 38.8 Å². The largest absolute Gasteiger partial charge is 0.443 e. The number of fused-ring (bicyclic) bond motifs is 1. The Morgan fingerprint density at radius 1 is 1.31 bits per heavy atom. The van der Waals surface area contributed by atoms with Gasteiger partial charge in [-0.05, 0) is 52.7 Å². The number of hydrogen-bond donors (Lipinski definition) is 0. The zero-order valence-corrected chi connectivity index (χ0v) is 17.4. The summed E-state index contributed by atoms with van der Waals surface area (Å²) < 4.78 is 13.1. The maximum absolute atomic E-state index is 12.9. The minimum atomic E-state index is -0.605. The Balaban J connectivity index is 2.06. The van der Waals surface area contributed by atoms with Gasteiger partial charge in [0.15, 0.2) is 0 Å². The molecule has 0 fully saturated rings. The Hall–Kier alpha value is -1.79. The van der Waals surface area contributed by atoms with Crippen molar-refractivity contribution >= 4 is 44.5 Å². The summed E-state index contributed by atoms with van der Waals surface area (Å²) >= 11 is 10.1. The average Bonchev–Trinajstić information content (AvgIpc) is 3.05. The summed E-state index contributed by atoms with van der Waals surface area (Å²) in [6, 6.07) is 7.55. The fourth-order valence-corrected chi connectivity index (χ4v) is 3.48. The first-order valence-corrected chi connectivity index (χ1v) is 9.46. The van der Waals surface area contributed by atoms with E-state index in [0.29, 0.717) is 29.1 Å². The predicted molar refractivity (Wildman–Crippen MR) is 105 cm³/mol. The molecule has 1 aromatic carbocycles. The van der Waals surface area contributed by atoms with Crippen molar-refractivity contribution < 1.29 is 14.1 Å².